The number of para-hydroxylation sites is 1. The van der Waals surface area contributed by atoms with E-state index < -0.39 is 16.8 Å². The van der Waals surface area contributed by atoms with E-state index in [1.807, 2.05) is 6.07 Å². The summed E-state index contributed by atoms with van der Waals surface area (Å²) in [6.07, 6.45) is 0. The van der Waals surface area contributed by atoms with Gasteiger partial charge in [-0.1, -0.05) is 18.2 Å². The molecular weight excluding hydrogens is 314 g/mol. The smallest absolute Gasteiger partial charge is 0.340 e. The van der Waals surface area contributed by atoms with Crippen LogP contribution in [0.2, 0.25) is 0 Å². The van der Waals surface area contributed by atoms with Gasteiger partial charge in [-0.15, -0.1) is 0 Å². The molecule has 1 aliphatic rings. The Morgan fingerprint density at radius 3 is 2.75 bits per heavy atom. The summed E-state index contributed by atoms with van der Waals surface area (Å²) in [6, 6.07) is 7.81. The third-order valence-corrected chi connectivity index (χ3v) is 3.55. The molecule has 0 saturated carbocycles. The first kappa shape index (κ1) is 17.0. The van der Waals surface area contributed by atoms with Gasteiger partial charge in [0.25, 0.3) is 5.69 Å². The normalized spacial score (nSPS) is 17.1. The number of allylic oxidation sites excluding steroid dienone is 2. The number of rotatable bonds is 4. The first-order valence-electron chi connectivity index (χ1n) is 7.11. The molecule has 1 aliphatic heterocycles. The van der Waals surface area contributed by atoms with Crippen LogP contribution in [0.3, 0.4) is 0 Å². The number of hydrogen-bond acceptors (Lipinski definition) is 7. The van der Waals surface area contributed by atoms with Gasteiger partial charge in [-0.25, -0.2) is 4.79 Å². The number of nitrogens with two attached hydrogens (primary N) is 1. The minimum absolute atomic E-state index is 0.0709. The number of ether oxygens (including phenoxy) is 2. The molecule has 0 amide bonds. The van der Waals surface area contributed by atoms with E-state index in [0.717, 1.165) is 0 Å². The van der Waals surface area contributed by atoms with Gasteiger partial charge in [0.2, 0.25) is 5.88 Å². The summed E-state index contributed by atoms with van der Waals surface area (Å²) >= 11 is 0. The molecule has 0 spiro atoms. The number of nitriles is 1. The van der Waals surface area contributed by atoms with E-state index in [9.17, 15) is 20.2 Å². The van der Waals surface area contributed by atoms with Crippen LogP contribution in [0.1, 0.15) is 25.3 Å². The van der Waals surface area contributed by atoms with Crippen LogP contribution >= 0.6 is 0 Å². The number of nitro groups is 1. The van der Waals surface area contributed by atoms with Crippen LogP contribution in [0.15, 0.2) is 47.1 Å². The number of hydrogen-bond donors (Lipinski definition) is 1. The van der Waals surface area contributed by atoms with Crippen LogP contribution in [-0.2, 0) is 14.3 Å². The Hall–Kier alpha value is -3.34. The summed E-state index contributed by atoms with van der Waals surface area (Å²) in [5.41, 5.74) is 5.72. The summed E-state index contributed by atoms with van der Waals surface area (Å²) in [4.78, 5) is 23.1. The molecule has 1 unspecified atom stereocenters. The zero-order valence-electron chi connectivity index (χ0n) is 13.1. The van der Waals surface area contributed by atoms with Crippen molar-refractivity contribution < 1.29 is 19.2 Å². The molecule has 8 heteroatoms. The van der Waals surface area contributed by atoms with Crippen molar-refractivity contribution in [3.63, 3.8) is 0 Å². The molecule has 0 aliphatic carbocycles. The lowest BCUT2D eigenvalue weighted by atomic mass is 9.82. The maximum absolute atomic E-state index is 12.3. The van der Waals surface area contributed by atoms with Gasteiger partial charge in [0.05, 0.1) is 29.1 Å². The largest absolute Gasteiger partial charge is 0.462 e. The fraction of sp³-hybridized carbons (Fsp3) is 0.250. The third kappa shape index (κ3) is 2.92. The van der Waals surface area contributed by atoms with Crippen molar-refractivity contribution in [2.45, 2.75) is 19.8 Å². The minimum Gasteiger partial charge on any atom is -0.462 e. The van der Waals surface area contributed by atoms with Crippen molar-refractivity contribution in [2.75, 3.05) is 6.61 Å². The lowest BCUT2D eigenvalue weighted by Gasteiger charge is -2.26. The van der Waals surface area contributed by atoms with E-state index >= 15 is 0 Å². The number of nitrogens with zero attached hydrogens (tertiary/aromatic N) is 2. The molecule has 24 heavy (non-hydrogen) atoms. The number of carbonyl (C=O) groups excluding carboxylic acids is 1. The second-order valence-corrected chi connectivity index (χ2v) is 4.93. The standard InChI is InChI=1S/C16H15N3O5/c1-3-23-16(20)14-13(11(8-17)9(2)24-15(14)18)10-6-4-5-7-12(10)19(21)22/h4-7,13H,3,18H2,1-2H3. The maximum atomic E-state index is 12.3. The highest BCUT2D eigenvalue weighted by Gasteiger charge is 2.39. The Labute approximate surface area is 137 Å². The second kappa shape index (κ2) is 6.83. The molecule has 0 radical (unpaired) electrons. The van der Waals surface area contributed by atoms with Gasteiger partial charge < -0.3 is 15.2 Å². The van der Waals surface area contributed by atoms with E-state index in [4.69, 9.17) is 15.2 Å². The molecule has 1 aromatic rings. The Kier molecular flexibility index (Phi) is 4.84. The summed E-state index contributed by atoms with van der Waals surface area (Å²) in [7, 11) is 0. The molecule has 1 aromatic carbocycles. The second-order valence-electron chi connectivity index (χ2n) is 4.93. The molecule has 124 valence electrons. The number of carbonyl (C=O) groups is 1. The van der Waals surface area contributed by atoms with Gasteiger partial charge in [-0.2, -0.15) is 5.26 Å². The van der Waals surface area contributed by atoms with E-state index in [0.29, 0.717) is 0 Å². The molecule has 0 fully saturated rings. The van der Waals surface area contributed by atoms with Crippen molar-refractivity contribution in [3.8, 4) is 6.07 Å². The molecule has 1 atom stereocenters. The van der Waals surface area contributed by atoms with Crippen molar-refractivity contribution in [1.29, 1.82) is 5.26 Å². The zero-order chi connectivity index (χ0) is 17.9. The van der Waals surface area contributed by atoms with E-state index in [1.165, 1.54) is 25.1 Å². The van der Waals surface area contributed by atoms with Crippen LogP contribution in [-0.4, -0.2) is 17.5 Å². The predicted octanol–water partition coefficient (Wildman–Crippen LogP) is 2.24. The third-order valence-electron chi connectivity index (χ3n) is 3.55. The highest BCUT2D eigenvalue weighted by Crippen LogP contribution is 2.42. The Morgan fingerprint density at radius 1 is 1.50 bits per heavy atom. The summed E-state index contributed by atoms with van der Waals surface area (Å²) in [5, 5.41) is 20.8. The molecule has 2 N–H and O–H groups in total. The van der Waals surface area contributed by atoms with E-state index in [1.54, 1.807) is 13.0 Å². The van der Waals surface area contributed by atoms with Crippen LogP contribution in [0.25, 0.3) is 0 Å². The highest BCUT2D eigenvalue weighted by molar-refractivity contribution is 5.92. The first-order chi connectivity index (χ1) is 11.4. The monoisotopic (exact) mass is 329 g/mol. The summed E-state index contributed by atoms with van der Waals surface area (Å²) in [5.74, 6) is -1.85. The molecule has 1 heterocycles. The average molecular weight is 329 g/mol. The Bertz CT molecular complexity index is 804. The minimum atomic E-state index is -1.02. The van der Waals surface area contributed by atoms with Crippen molar-refractivity contribution in [1.82, 2.24) is 0 Å². The quantitative estimate of drug-likeness (QED) is 0.509. The number of esters is 1. The zero-order valence-corrected chi connectivity index (χ0v) is 13.1. The predicted molar refractivity (Wildman–Crippen MR) is 83.1 cm³/mol. The first-order valence-corrected chi connectivity index (χ1v) is 7.11. The van der Waals surface area contributed by atoms with Crippen LogP contribution < -0.4 is 5.73 Å². The van der Waals surface area contributed by atoms with Gasteiger partial charge in [-0.05, 0) is 13.8 Å². The Morgan fingerprint density at radius 2 is 2.17 bits per heavy atom. The maximum Gasteiger partial charge on any atom is 0.340 e. The van der Waals surface area contributed by atoms with Gasteiger partial charge in [0.15, 0.2) is 0 Å². The summed E-state index contributed by atoms with van der Waals surface area (Å²) < 4.78 is 10.2. The fourth-order valence-corrected chi connectivity index (χ4v) is 2.54. The lowest BCUT2D eigenvalue weighted by molar-refractivity contribution is -0.385. The molecule has 2 rings (SSSR count). The molecule has 8 nitrogen and oxygen atoms in total. The molecular formula is C16H15N3O5. The van der Waals surface area contributed by atoms with Gasteiger partial charge in [-0.3, -0.25) is 10.1 Å². The van der Waals surface area contributed by atoms with Gasteiger partial charge in [0.1, 0.15) is 11.3 Å². The summed E-state index contributed by atoms with van der Waals surface area (Å²) in [6.45, 7) is 3.21. The van der Waals surface area contributed by atoms with Gasteiger partial charge in [0, 0.05) is 11.6 Å². The SMILES string of the molecule is CCOC(=O)C1=C(N)OC(C)=C(C#N)C1c1ccccc1[N+](=O)[O-]. The molecule has 0 bridgehead atoms. The topological polar surface area (TPSA) is 128 Å². The van der Waals surface area contributed by atoms with Gasteiger partial charge >= 0.3 is 5.97 Å². The molecule has 0 aromatic heterocycles. The highest BCUT2D eigenvalue weighted by atomic mass is 16.6. The van der Waals surface area contributed by atoms with Crippen LogP contribution in [0.4, 0.5) is 5.69 Å². The van der Waals surface area contributed by atoms with Crippen LogP contribution in [0.5, 0.6) is 0 Å². The number of nitro benzene ring substituents is 1. The van der Waals surface area contributed by atoms with Crippen molar-refractivity contribution in [3.05, 3.63) is 62.7 Å². The fourth-order valence-electron chi connectivity index (χ4n) is 2.54. The van der Waals surface area contributed by atoms with E-state index in [-0.39, 0.29) is 40.6 Å². The lowest BCUT2D eigenvalue weighted by Crippen LogP contribution is -2.26. The van der Waals surface area contributed by atoms with Crippen molar-refractivity contribution >= 4 is 11.7 Å². The van der Waals surface area contributed by atoms with E-state index in [2.05, 4.69) is 0 Å². The molecule has 0 saturated heterocycles. The number of benzene rings is 1. The Balaban J connectivity index is 2.73. The van der Waals surface area contributed by atoms with Crippen molar-refractivity contribution in [2.24, 2.45) is 5.73 Å². The average Bonchev–Trinajstić information content (AvgIpc) is 2.54. The van der Waals surface area contributed by atoms with Crippen LogP contribution in [0, 0.1) is 21.4 Å².